The van der Waals surface area contributed by atoms with Gasteiger partial charge in [0, 0.05) is 13.1 Å². The van der Waals surface area contributed by atoms with E-state index >= 15 is 0 Å². The van der Waals surface area contributed by atoms with E-state index in [0.717, 1.165) is 10.3 Å². The number of rotatable bonds is 2. The predicted octanol–water partition coefficient (Wildman–Crippen LogP) is 2.84. The Hall–Kier alpha value is -0.840. The normalized spacial score (nSPS) is 24.6. The second kappa shape index (κ2) is 5.21. The van der Waals surface area contributed by atoms with Gasteiger partial charge in [0.2, 0.25) is 0 Å². The SMILES string of the molecule is CC1CCCCC1N(C)c1ncnc(N)c1Br. The quantitative estimate of drug-likeness (QED) is 0.912. The number of hydrogen-bond acceptors (Lipinski definition) is 4. The molecule has 0 bridgehead atoms. The molecule has 2 atom stereocenters. The van der Waals surface area contributed by atoms with Crippen LogP contribution in [0.1, 0.15) is 32.6 Å². The number of nitrogens with zero attached hydrogens (tertiary/aromatic N) is 3. The Balaban J connectivity index is 2.23. The van der Waals surface area contributed by atoms with Crippen molar-refractivity contribution in [3.63, 3.8) is 0 Å². The molecule has 1 heterocycles. The summed E-state index contributed by atoms with van der Waals surface area (Å²) in [5.41, 5.74) is 5.80. The molecule has 2 rings (SSSR count). The second-order valence-electron chi connectivity index (χ2n) is 4.84. The maximum absolute atomic E-state index is 5.80. The number of aromatic nitrogens is 2. The minimum Gasteiger partial charge on any atom is -0.383 e. The molecule has 0 aliphatic heterocycles. The van der Waals surface area contributed by atoms with E-state index in [0.29, 0.717) is 17.8 Å². The number of nitrogen functional groups attached to an aromatic ring is 1. The van der Waals surface area contributed by atoms with Crippen molar-refractivity contribution in [3.8, 4) is 0 Å². The van der Waals surface area contributed by atoms with E-state index in [1.165, 1.54) is 32.0 Å². The molecule has 2 N–H and O–H groups in total. The van der Waals surface area contributed by atoms with E-state index in [2.05, 4.69) is 44.8 Å². The zero-order chi connectivity index (χ0) is 12.4. The molecule has 1 aliphatic carbocycles. The first kappa shape index (κ1) is 12.6. The maximum atomic E-state index is 5.80. The van der Waals surface area contributed by atoms with Gasteiger partial charge in [0.05, 0.1) is 0 Å². The molecule has 1 fully saturated rings. The fourth-order valence-corrected chi connectivity index (χ4v) is 3.13. The third kappa shape index (κ3) is 2.54. The first-order valence-corrected chi connectivity index (χ1v) is 6.89. The van der Waals surface area contributed by atoms with Gasteiger partial charge in [0.25, 0.3) is 0 Å². The zero-order valence-electron chi connectivity index (χ0n) is 10.4. The molecule has 0 amide bonds. The van der Waals surface area contributed by atoms with E-state index in [4.69, 9.17) is 5.73 Å². The van der Waals surface area contributed by atoms with Crippen LogP contribution in [0.3, 0.4) is 0 Å². The summed E-state index contributed by atoms with van der Waals surface area (Å²) in [6.45, 7) is 2.32. The molecule has 1 aliphatic rings. The molecule has 0 radical (unpaired) electrons. The highest BCUT2D eigenvalue weighted by Crippen LogP contribution is 2.33. The monoisotopic (exact) mass is 298 g/mol. The highest BCUT2D eigenvalue weighted by atomic mass is 79.9. The van der Waals surface area contributed by atoms with Crippen molar-refractivity contribution >= 4 is 27.6 Å². The average molecular weight is 299 g/mol. The lowest BCUT2D eigenvalue weighted by molar-refractivity contribution is 0.320. The zero-order valence-corrected chi connectivity index (χ0v) is 11.9. The van der Waals surface area contributed by atoms with Crippen LogP contribution in [0.15, 0.2) is 10.8 Å². The van der Waals surface area contributed by atoms with Gasteiger partial charge in [0.15, 0.2) is 0 Å². The van der Waals surface area contributed by atoms with Gasteiger partial charge in [-0.25, -0.2) is 9.97 Å². The lowest BCUT2D eigenvalue weighted by Gasteiger charge is -2.37. The van der Waals surface area contributed by atoms with Crippen LogP contribution >= 0.6 is 15.9 Å². The Morgan fingerprint density at radius 1 is 1.35 bits per heavy atom. The van der Waals surface area contributed by atoms with Crippen molar-refractivity contribution in [3.05, 3.63) is 10.8 Å². The topological polar surface area (TPSA) is 55.0 Å². The van der Waals surface area contributed by atoms with Crippen LogP contribution in [-0.4, -0.2) is 23.1 Å². The van der Waals surface area contributed by atoms with Gasteiger partial charge < -0.3 is 10.6 Å². The molecule has 1 aromatic rings. The molecule has 0 aromatic carbocycles. The Morgan fingerprint density at radius 3 is 2.76 bits per heavy atom. The molecule has 2 unspecified atom stereocenters. The van der Waals surface area contributed by atoms with Gasteiger partial charge in [-0.05, 0) is 34.7 Å². The summed E-state index contributed by atoms with van der Waals surface area (Å²) in [6.07, 6.45) is 6.71. The summed E-state index contributed by atoms with van der Waals surface area (Å²) >= 11 is 3.48. The molecule has 0 spiro atoms. The van der Waals surface area contributed by atoms with Crippen molar-refractivity contribution in [1.82, 2.24) is 9.97 Å². The second-order valence-corrected chi connectivity index (χ2v) is 5.63. The van der Waals surface area contributed by atoms with Gasteiger partial charge in [-0.3, -0.25) is 0 Å². The Morgan fingerprint density at radius 2 is 2.06 bits per heavy atom. The van der Waals surface area contributed by atoms with Crippen LogP contribution in [0, 0.1) is 5.92 Å². The van der Waals surface area contributed by atoms with Gasteiger partial charge in [-0.2, -0.15) is 0 Å². The number of hydrogen-bond donors (Lipinski definition) is 1. The summed E-state index contributed by atoms with van der Waals surface area (Å²) in [5, 5.41) is 0. The summed E-state index contributed by atoms with van der Waals surface area (Å²) in [6, 6.07) is 0.550. The Bertz CT molecular complexity index is 396. The van der Waals surface area contributed by atoms with Crippen molar-refractivity contribution in [1.29, 1.82) is 0 Å². The highest BCUT2D eigenvalue weighted by Gasteiger charge is 2.27. The van der Waals surface area contributed by atoms with Crippen LogP contribution in [0.2, 0.25) is 0 Å². The first-order chi connectivity index (χ1) is 8.11. The van der Waals surface area contributed by atoms with Crippen LogP contribution in [0.5, 0.6) is 0 Å². The minimum absolute atomic E-state index is 0.505. The number of anilines is 2. The molecule has 1 saturated carbocycles. The van der Waals surface area contributed by atoms with E-state index in [1.54, 1.807) is 0 Å². The lowest BCUT2D eigenvalue weighted by Crippen LogP contribution is -2.39. The molecule has 94 valence electrons. The van der Waals surface area contributed by atoms with E-state index in [9.17, 15) is 0 Å². The molecular formula is C12H19BrN4. The Labute approximate surface area is 111 Å². The summed E-state index contributed by atoms with van der Waals surface area (Å²) in [5.74, 6) is 2.11. The molecule has 17 heavy (non-hydrogen) atoms. The number of nitrogens with two attached hydrogens (primary N) is 1. The smallest absolute Gasteiger partial charge is 0.148 e. The third-order valence-corrected chi connectivity index (χ3v) is 4.46. The van der Waals surface area contributed by atoms with Gasteiger partial charge >= 0.3 is 0 Å². The Kier molecular flexibility index (Phi) is 3.86. The standard InChI is InChI=1S/C12H19BrN4/c1-8-5-3-4-6-9(8)17(2)12-10(13)11(14)15-7-16-12/h7-9H,3-6H2,1-2H3,(H2,14,15,16). The van der Waals surface area contributed by atoms with Crippen molar-refractivity contribution in [2.24, 2.45) is 5.92 Å². The van der Waals surface area contributed by atoms with Crippen LogP contribution in [0.4, 0.5) is 11.6 Å². The van der Waals surface area contributed by atoms with E-state index < -0.39 is 0 Å². The minimum atomic E-state index is 0.505. The van der Waals surface area contributed by atoms with Crippen molar-refractivity contribution in [2.45, 2.75) is 38.6 Å². The lowest BCUT2D eigenvalue weighted by atomic mass is 9.85. The summed E-state index contributed by atoms with van der Waals surface area (Å²) in [7, 11) is 2.10. The van der Waals surface area contributed by atoms with Gasteiger partial charge in [-0.15, -0.1) is 0 Å². The molecule has 0 saturated heterocycles. The maximum Gasteiger partial charge on any atom is 0.148 e. The third-order valence-electron chi connectivity index (χ3n) is 3.70. The van der Waals surface area contributed by atoms with Crippen molar-refractivity contribution < 1.29 is 0 Å². The van der Waals surface area contributed by atoms with Gasteiger partial charge in [0.1, 0.15) is 22.4 Å². The van der Waals surface area contributed by atoms with Gasteiger partial charge in [-0.1, -0.05) is 19.8 Å². The average Bonchev–Trinajstić information content (AvgIpc) is 2.32. The molecule has 4 nitrogen and oxygen atoms in total. The van der Waals surface area contributed by atoms with E-state index in [1.807, 2.05) is 0 Å². The largest absolute Gasteiger partial charge is 0.383 e. The van der Waals surface area contributed by atoms with Crippen molar-refractivity contribution in [2.75, 3.05) is 17.7 Å². The fraction of sp³-hybridized carbons (Fsp3) is 0.667. The molecule has 1 aromatic heterocycles. The first-order valence-electron chi connectivity index (χ1n) is 6.10. The van der Waals surface area contributed by atoms with E-state index in [-0.39, 0.29) is 0 Å². The summed E-state index contributed by atoms with van der Waals surface area (Å²) < 4.78 is 0.806. The predicted molar refractivity (Wildman–Crippen MR) is 74.0 cm³/mol. The van der Waals surface area contributed by atoms with Crippen LogP contribution < -0.4 is 10.6 Å². The van der Waals surface area contributed by atoms with Crippen LogP contribution in [-0.2, 0) is 0 Å². The summed E-state index contributed by atoms with van der Waals surface area (Å²) in [4.78, 5) is 10.6. The molecular weight excluding hydrogens is 280 g/mol. The fourth-order valence-electron chi connectivity index (χ4n) is 2.65. The van der Waals surface area contributed by atoms with Crippen LogP contribution in [0.25, 0.3) is 0 Å². The highest BCUT2D eigenvalue weighted by molar-refractivity contribution is 9.10. The number of halogens is 1. The molecule has 5 heteroatoms.